The zero-order chi connectivity index (χ0) is 21.7. The predicted octanol–water partition coefficient (Wildman–Crippen LogP) is 6.33. The molecule has 8 heteroatoms. The fourth-order valence-corrected chi connectivity index (χ4v) is 2.66. The van der Waals surface area contributed by atoms with Crippen LogP contribution < -0.4 is 15.4 Å². The molecule has 0 unspecified atom stereocenters. The van der Waals surface area contributed by atoms with Gasteiger partial charge in [-0.15, -0.1) is 0 Å². The molecule has 0 bridgehead atoms. The lowest BCUT2D eigenvalue weighted by molar-refractivity contribution is -0.137. The van der Waals surface area contributed by atoms with Gasteiger partial charge in [-0.1, -0.05) is 44.2 Å². The monoisotopic (exact) mass is 416 g/mol. The van der Waals surface area contributed by atoms with Crippen LogP contribution in [-0.2, 0) is 6.18 Å². The minimum atomic E-state index is -4.61. The van der Waals surface area contributed by atoms with Crippen molar-refractivity contribution in [2.24, 2.45) is 5.92 Å². The summed E-state index contributed by atoms with van der Waals surface area (Å²) in [6, 6.07) is 14.2. The van der Waals surface area contributed by atoms with E-state index in [9.17, 15) is 13.2 Å². The average molecular weight is 416 g/mol. The number of aryl methyl sites for hydroxylation is 1. The van der Waals surface area contributed by atoms with Gasteiger partial charge in [0.05, 0.1) is 12.3 Å². The predicted molar refractivity (Wildman–Crippen MR) is 112 cm³/mol. The van der Waals surface area contributed by atoms with Crippen molar-refractivity contribution in [3.05, 3.63) is 65.9 Å². The first-order valence-corrected chi connectivity index (χ1v) is 9.50. The summed E-state index contributed by atoms with van der Waals surface area (Å²) in [5.74, 6) is 0.425. The van der Waals surface area contributed by atoms with Gasteiger partial charge in [-0.25, -0.2) is 4.98 Å². The molecule has 0 radical (unpaired) electrons. The zero-order valence-electron chi connectivity index (χ0n) is 16.9. The third-order valence-corrected chi connectivity index (χ3v) is 4.20. The van der Waals surface area contributed by atoms with Gasteiger partial charge in [-0.3, -0.25) is 0 Å². The molecular formula is C22H23F3N4O. The van der Waals surface area contributed by atoms with E-state index in [-0.39, 0.29) is 17.7 Å². The van der Waals surface area contributed by atoms with Gasteiger partial charge in [0.2, 0.25) is 5.95 Å². The maximum absolute atomic E-state index is 13.6. The van der Waals surface area contributed by atoms with E-state index in [4.69, 9.17) is 4.74 Å². The molecule has 3 aromatic rings. The summed E-state index contributed by atoms with van der Waals surface area (Å²) >= 11 is 0. The lowest BCUT2D eigenvalue weighted by Crippen LogP contribution is -2.13. The van der Waals surface area contributed by atoms with Crippen LogP contribution in [0.1, 0.15) is 25.0 Å². The molecule has 2 N–H and O–H groups in total. The molecule has 0 spiro atoms. The molecule has 1 aromatic heterocycles. The summed E-state index contributed by atoms with van der Waals surface area (Å²) in [5, 5.41) is 5.75. The van der Waals surface area contributed by atoms with Crippen LogP contribution in [0.2, 0.25) is 0 Å². The van der Waals surface area contributed by atoms with E-state index < -0.39 is 11.7 Å². The van der Waals surface area contributed by atoms with E-state index in [1.807, 2.05) is 39.0 Å². The number of nitrogens with one attached hydrogen (secondary N) is 2. The van der Waals surface area contributed by atoms with Crippen LogP contribution in [0.4, 0.5) is 36.3 Å². The number of alkyl halides is 3. The van der Waals surface area contributed by atoms with Crippen molar-refractivity contribution in [2.45, 2.75) is 26.9 Å². The molecule has 2 aromatic carbocycles. The number of nitrogens with zero attached hydrogens (tertiary/aromatic N) is 2. The van der Waals surface area contributed by atoms with Crippen molar-refractivity contribution in [2.75, 3.05) is 17.2 Å². The third kappa shape index (κ3) is 5.40. The van der Waals surface area contributed by atoms with E-state index in [0.29, 0.717) is 23.7 Å². The number of para-hydroxylation sites is 3. The average Bonchev–Trinajstić information content (AvgIpc) is 2.68. The van der Waals surface area contributed by atoms with Crippen LogP contribution >= 0.6 is 0 Å². The lowest BCUT2D eigenvalue weighted by atomic mass is 10.2. The Labute approximate surface area is 173 Å². The summed E-state index contributed by atoms with van der Waals surface area (Å²) in [4.78, 5) is 7.95. The van der Waals surface area contributed by atoms with Crippen LogP contribution in [0.5, 0.6) is 5.75 Å². The van der Waals surface area contributed by atoms with Gasteiger partial charge in [-0.05, 0) is 36.6 Å². The van der Waals surface area contributed by atoms with Crippen LogP contribution in [0.15, 0.2) is 54.7 Å². The van der Waals surface area contributed by atoms with Gasteiger partial charge in [0.15, 0.2) is 0 Å². The minimum absolute atomic E-state index is 0.0559. The molecule has 0 aliphatic heterocycles. The topological polar surface area (TPSA) is 59.1 Å². The molecule has 3 rings (SSSR count). The van der Waals surface area contributed by atoms with Crippen molar-refractivity contribution in [3.8, 4) is 5.75 Å². The normalized spacial score (nSPS) is 11.4. The van der Waals surface area contributed by atoms with Crippen LogP contribution in [0.3, 0.4) is 0 Å². The summed E-state index contributed by atoms with van der Waals surface area (Å²) in [5.41, 5.74) is 1.06. The second-order valence-electron chi connectivity index (χ2n) is 7.22. The van der Waals surface area contributed by atoms with Crippen molar-refractivity contribution in [1.29, 1.82) is 0 Å². The minimum Gasteiger partial charge on any atom is -0.491 e. The molecule has 0 saturated heterocycles. The van der Waals surface area contributed by atoms with E-state index in [1.165, 1.54) is 0 Å². The Balaban J connectivity index is 1.95. The van der Waals surface area contributed by atoms with Crippen molar-refractivity contribution in [1.82, 2.24) is 9.97 Å². The molecule has 158 valence electrons. The molecule has 5 nitrogen and oxygen atoms in total. The third-order valence-electron chi connectivity index (χ3n) is 4.20. The Morgan fingerprint density at radius 3 is 2.30 bits per heavy atom. The van der Waals surface area contributed by atoms with E-state index in [1.54, 1.807) is 30.3 Å². The Morgan fingerprint density at radius 1 is 0.967 bits per heavy atom. The maximum Gasteiger partial charge on any atom is 0.421 e. The van der Waals surface area contributed by atoms with Gasteiger partial charge in [0.1, 0.15) is 17.1 Å². The number of hydrogen-bond acceptors (Lipinski definition) is 5. The number of aromatic nitrogens is 2. The van der Waals surface area contributed by atoms with Crippen LogP contribution in [-0.4, -0.2) is 16.6 Å². The number of benzene rings is 2. The largest absolute Gasteiger partial charge is 0.491 e. The Morgan fingerprint density at radius 2 is 1.63 bits per heavy atom. The maximum atomic E-state index is 13.6. The zero-order valence-corrected chi connectivity index (χ0v) is 16.9. The van der Waals surface area contributed by atoms with E-state index in [2.05, 4.69) is 20.6 Å². The van der Waals surface area contributed by atoms with Crippen molar-refractivity contribution < 1.29 is 17.9 Å². The molecule has 0 atom stereocenters. The number of rotatable bonds is 7. The van der Waals surface area contributed by atoms with E-state index in [0.717, 1.165) is 11.8 Å². The van der Waals surface area contributed by atoms with Crippen LogP contribution in [0, 0.1) is 12.8 Å². The molecule has 0 aliphatic rings. The molecule has 30 heavy (non-hydrogen) atoms. The number of halogens is 3. The lowest BCUT2D eigenvalue weighted by Gasteiger charge is -2.18. The highest BCUT2D eigenvalue weighted by atomic mass is 19.4. The summed E-state index contributed by atoms with van der Waals surface area (Å²) in [6.07, 6.45) is -3.84. The van der Waals surface area contributed by atoms with Gasteiger partial charge in [-0.2, -0.15) is 18.2 Å². The molecule has 0 saturated carbocycles. The summed E-state index contributed by atoms with van der Waals surface area (Å²) in [6.45, 7) is 6.31. The van der Waals surface area contributed by atoms with Crippen LogP contribution in [0.25, 0.3) is 0 Å². The molecule has 0 fully saturated rings. The Bertz CT molecular complexity index is 1010. The van der Waals surface area contributed by atoms with Gasteiger partial charge >= 0.3 is 6.18 Å². The first-order valence-electron chi connectivity index (χ1n) is 9.50. The number of anilines is 4. The fourth-order valence-electron chi connectivity index (χ4n) is 2.66. The van der Waals surface area contributed by atoms with Gasteiger partial charge in [0, 0.05) is 11.9 Å². The molecule has 0 amide bonds. The van der Waals surface area contributed by atoms with Gasteiger partial charge in [0.25, 0.3) is 0 Å². The van der Waals surface area contributed by atoms with Crippen molar-refractivity contribution in [3.63, 3.8) is 0 Å². The first kappa shape index (κ1) is 21.4. The van der Waals surface area contributed by atoms with Gasteiger partial charge < -0.3 is 15.4 Å². The molecule has 0 aliphatic carbocycles. The number of ether oxygens (including phenoxy) is 1. The SMILES string of the molecule is Cc1ccccc1Nc1ncc(C(F)(F)F)c(Nc2ccccc2OCC(C)C)n1. The summed E-state index contributed by atoms with van der Waals surface area (Å²) in [7, 11) is 0. The second kappa shape index (κ2) is 9.02. The van der Waals surface area contributed by atoms with Crippen molar-refractivity contribution >= 4 is 23.1 Å². The Kier molecular flexibility index (Phi) is 6.44. The molecular weight excluding hydrogens is 393 g/mol. The second-order valence-corrected chi connectivity index (χ2v) is 7.22. The standard InChI is InChI=1S/C22H23F3N4O/c1-14(2)13-30-19-11-7-6-10-18(19)27-20-16(22(23,24)25)12-26-21(29-20)28-17-9-5-4-8-15(17)3/h4-12,14H,13H2,1-3H3,(H2,26,27,28,29). The van der Waals surface area contributed by atoms with E-state index >= 15 is 0 Å². The Hall–Kier alpha value is -3.29. The fraction of sp³-hybridized carbons (Fsp3) is 0.273. The molecule has 1 heterocycles. The smallest absolute Gasteiger partial charge is 0.421 e. The quantitative estimate of drug-likeness (QED) is 0.472. The highest BCUT2D eigenvalue weighted by molar-refractivity contribution is 5.68. The summed E-state index contributed by atoms with van der Waals surface area (Å²) < 4.78 is 46.4. The highest BCUT2D eigenvalue weighted by Gasteiger charge is 2.35. The highest BCUT2D eigenvalue weighted by Crippen LogP contribution is 2.37. The first-order chi connectivity index (χ1) is 14.2. The number of hydrogen-bond donors (Lipinski definition) is 2.